The summed E-state index contributed by atoms with van der Waals surface area (Å²) in [4.78, 5) is 28.8. The summed E-state index contributed by atoms with van der Waals surface area (Å²) in [6.07, 6.45) is 3.89. The first-order chi connectivity index (χ1) is 13.6. The predicted octanol–water partition coefficient (Wildman–Crippen LogP) is 1.37. The van der Waals surface area contributed by atoms with E-state index >= 15 is 0 Å². The van der Waals surface area contributed by atoms with Gasteiger partial charge in [-0.05, 0) is 31.4 Å². The molecule has 0 radical (unpaired) electrons. The summed E-state index contributed by atoms with van der Waals surface area (Å²) in [5, 5.41) is 4.47. The Morgan fingerprint density at radius 3 is 2.57 bits per heavy atom. The quantitative estimate of drug-likeness (QED) is 0.777. The molecule has 0 N–H and O–H groups in total. The van der Waals surface area contributed by atoms with E-state index in [0.717, 1.165) is 57.7 Å². The van der Waals surface area contributed by atoms with Gasteiger partial charge in [-0.3, -0.25) is 14.3 Å². The molecule has 150 valence electrons. The Morgan fingerprint density at radius 2 is 1.82 bits per heavy atom. The van der Waals surface area contributed by atoms with Crippen LogP contribution in [0.25, 0.3) is 0 Å². The first-order valence-corrected chi connectivity index (χ1v) is 10.1. The standard InChI is InChI=1S/C20H26FN5O2/c21-17-7-2-1-6-16(17)19(27)24-14-12-23(13-15-24)9-5-11-26-20(28)25-10-4-3-8-18(25)22-26/h1-2,6-7H,3-5,8-15H2. The zero-order chi connectivity index (χ0) is 19.5. The van der Waals surface area contributed by atoms with E-state index in [0.29, 0.717) is 19.6 Å². The molecule has 0 aliphatic carbocycles. The molecule has 0 spiro atoms. The Balaban J connectivity index is 1.25. The number of nitrogens with zero attached hydrogens (tertiary/aromatic N) is 5. The van der Waals surface area contributed by atoms with Crippen LogP contribution in [0.2, 0.25) is 0 Å². The normalized spacial score (nSPS) is 17.5. The van der Waals surface area contributed by atoms with Crippen molar-refractivity contribution in [3.8, 4) is 0 Å². The highest BCUT2D eigenvalue weighted by molar-refractivity contribution is 5.94. The van der Waals surface area contributed by atoms with Gasteiger partial charge in [0.2, 0.25) is 0 Å². The summed E-state index contributed by atoms with van der Waals surface area (Å²) in [5.41, 5.74) is 0.147. The van der Waals surface area contributed by atoms with Crippen molar-refractivity contribution in [3.05, 3.63) is 52.0 Å². The molecule has 4 rings (SSSR count). The maximum atomic E-state index is 13.8. The van der Waals surface area contributed by atoms with Crippen LogP contribution in [0.4, 0.5) is 4.39 Å². The van der Waals surface area contributed by atoms with Crippen LogP contribution >= 0.6 is 0 Å². The number of amides is 1. The molecular weight excluding hydrogens is 361 g/mol. The molecule has 0 bridgehead atoms. The van der Waals surface area contributed by atoms with Gasteiger partial charge < -0.3 is 4.90 Å². The summed E-state index contributed by atoms with van der Waals surface area (Å²) >= 11 is 0. The highest BCUT2D eigenvalue weighted by atomic mass is 19.1. The number of halogens is 1. The van der Waals surface area contributed by atoms with Crippen molar-refractivity contribution >= 4 is 5.91 Å². The molecular formula is C20H26FN5O2. The lowest BCUT2D eigenvalue weighted by Gasteiger charge is -2.34. The minimum Gasteiger partial charge on any atom is -0.336 e. The Hall–Kier alpha value is -2.48. The van der Waals surface area contributed by atoms with Gasteiger partial charge in [-0.1, -0.05) is 12.1 Å². The van der Waals surface area contributed by atoms with E-state index in [-0.39, 0.29) is 17.2 Å². The van der Waals surface area contributed by atoms with E-state index in [9.17, 15) is 14.0 Å². The largest absolute Gasteiger partial charge is 0.345 e. The summed E-state index contributed by atoms with van der Waals surface area (Å²) < 4.78 is 17.2. The fourth-order valence-electron chi connectivity index (χ4n) is 4.02. The highest BCUT2D eigenvalue weighted by Crippen LogP contribution is 2.13. The fraction of sp³-hybridized carbons (Fsp3) is 0.550. The van der Waals surface area contributed by atoms with Gasteiger partial charge in [0, 0.05) is 52.2 Å². The number of piperazine rings is 1. The van der Waals surface area contributed by atoms with Crippen molar-refractivity contribution in [2.45, 2.75) is 38.8 Å². The first-order valence-electron chi connectivity index (χ1n) is 10.1. The van der Waals surface area contributed by atoms with Crippen molar-refractivity contribution < 1.29 is 9.18 Å². The number of aromatic nitrogens is 3. The molecule has 8 heteroatoms. The van der Waals surface area contributed by atoms with Gasteiger partial charge in [0.25, 0.3) is 5.91 Å². The molecule has 1 aromatic heterocycles. The fourth-order valence-corrected chi connectivity index (χ4v) is 4.02. The number of carbonyl (C=O) groups excluding carboxylic acids is 1. The highest BCUT2D eigenvalue weighted by Gasteiger charge is 2.24. The SMILES string of the molecule is O=C(c1ccccc1F)N1CCN(CCCn2nc3n(c2=O)CCCC3)CC1. The number of hydrogen-bond donors (Lipinski definition) is 0. The number of fused-ring (bicyclic) bond motifs is 1. The molecule has 2 aliphatic heterocycles. The van der Waals surface area contributed by atoms with Crippen molar-refractivity contribution in [1.29, 1.82) is 0 Å². The summed E-state index contributed by atoms with van der Waals surface area (Å²) in [7, 11) is 0. The lowest BCUT2D eigenvalue weighted by atomic mass is 10.1. The Bertz CT molecular complexity index is 898. The lowest BCUT2D eigenvalue weighted by molar-refractivity contribution is 0.0629. The van der Waals surface area contributed by atoms with Crippen LogP contribution in [0.15, 0.2) is 29.1 Å². The Kier molecular flexibility index (Phi) is 5.57. The predicted molar refractivity (Wildman–Crippen MR) is 103 cm³/mol. The van der Waals surface area contributed by atoms with E-state index in [1.165, 1.54) is 12.1 Å². The second-order valence-electron chi connectivity index (χ2n) is 7.50. The van der Waals surface area contributed by atoms with Crippen LogP contribution in [-0.4, -0.2) is 62.8 Å². The minimum atomic E-state index is -0.469. The molecule has 0 unspecified atom stereocenters. The molecule has 28 heavy (non-hydrogen) atoms. The van der Waals surface area contributed by atoms with Crippen LogP contribution in [0, 0.1) is 5.82 Å². The van der Waals surface area contributed by atoms with Gasteiger partial charge in [-0.2, -0.15) is 5.10 Å². The topological polar surface area (TPSA) is 63.4 Å². The third kappa shape index (κ3) is 3.87. The van der Waals surface area contributed by atoms with Gasteiger partial charge in [0.05, 0.1) is 5.56 Å². The number of carbonyl (C=O) groups is 1. The van der Waals surface area contributed by atoms with Crippen LogP contribution in [0.5, 0.6) is 0 Å². The third-order valence-corrected chi connectivity index (χ3v) is 5.64. The number of hydrogen-bond acceptors (Lipinski definition) is 4. The van der Waals surface area contributed by atoms with Crippen LogP contribution in [0.1, 0.15) is 35.4 Å². The Morgan fingerprint density at radius 1 is 1.04 bits per heavy atom. The van der Waals surface area contributed by atoms with E-state index in [4.69, 9.17) is 0 Å². The number of benzene rings is 1. The van der Waals surface area contributed by atoms with E-state index in [1.807, 2.05) is 0 Å². The smallest absolute Gasteiger partial charge is 0.336 e. The van der Waals surface area contributed by atoms with Crippen LogP contribution in [-0.2, 0) is 19.5 Å². The summed E-state index contributed by atoms with van der Waals surface area (Å²) in [6.45, 7) is 4.96. The minimum absolute atomic E-state index is 0.00926. The molecule has 7 nitrogen and oxygen atoms in total. The monoisotopic (exact) mass is 387 g/mol. The van der Waals surface area contributed by atoms with Crippen LogP contribution < -0.4 is 5.69 Å². The van der Waals surface area contributed by atoms with Crippen molar-refractivity contribution in [1.82, 2.24) is 24.1 Å². The summed E-state index contributed by atoms with van der Waals surface area (Å²) in [5.74, 6) is 0.201. The number of aryl methyl sites for hydroxylation is 2. The number of rotatable bonds is 5. The molecule has 1 aromatic carbocycles. The third-order valence-electron chi connectivity index (χ3n) is 5.64. The Labute approximate surface area is 163 Å². The molecule has 2 aromatic rings. The van der Waals surface area contributed by atoms with Gasteiger partial charge in [0.1, 0.15) is 11.6 Å². The second kappa shape index (κ2) is 8.26. The summed E-state index contributed by atoms with van der Waals surface area (Å²) in [6, 6.07) is 6.12. The molecule has 1 saturated heterocycles. The van der Waals surface area contributed by atoms with Gasteiger partial charge in [-0.25, -0.2) is 13.9 Å². The van der Waals surface area contributed by atoms with Crippen molar-refractivity contribution in [3.63, 3.8) is 0 Å². The second-order valence-corrected chi connectivity index (χ2v) is 7.50. The van der Waals surface area contributed by atoms with Gasteiger partial charge in [-0.15, -0.1) is 0 Å². The first kappa shape index (κ1) is 18.9. The zero-order valence-electron chi connectivity index (χ0n) is 16.0. The average Bonchev–Trinajstić information content (AvgIpc) is 3.04. The van der Waals surface area contributed by atoms with E-state index < -0.39 is 5.82 Å². The molecule has 1 fully saturated rings. The van der Waals surface area contributed by atoms with Crippen molar-refractivity contribution in [2.75, 3.05) is 32.7 Å². The zero-order valence-corrected chi connectivity index (χ0v) is 16.0. The molecule has 0 atom stereocenters. The maximum absolute atomic E-state index is 13.8. The van der Waals surface area contributed by atoms with E-state index in [2.05, 4.69) is 10.00 Å². The lowest BCUT2D eigenvalue weighted by Crippen LogP contribution is -2.49. The van der Waals surface area contributed by atoms with Crippen molar-refractivity contribution in [2.24, 2.45) is 0 Å². The molecule has 1 amide bonds. The molecule has 0 saturated carbocycles. The van der Waals surface area contributed by atoms with E-state index in [1.54, 1.807) is 26.3 Å². The maximum Gasteiger partial charge on any atom is 0.345 e. The van der Waals surface area contributed by atoms with Gasteiger partial charge >= 0.3 is 5.69 Å². The van der Waals surface area contributed by atoms with Gasteiger partial charge in [0.15, 0.2) is 0 Å². The molecule has 3 heterocycles. The van der Waals surface area contributed by atoms with Crippen LogP contribution in [0.3, 0.4) is 0 Å². The average molecular weight is 387 g/mol. The molecule has 2 aliphatic rings.